The molecule has 2 aliphatic rings. The van der Waals surface area contributed by atoms with Gasteiger partial charge in [-0.2, -0.15) is 0 Å². The maximum absolute atomic E-state index is 10.7. The predicted octanol–water partition coefficient (Wildman–Crippen LogP) is 3.03. The number of hydrogen-bond donors (Lipinski definition) is 1. The molecule has 2 aliphatic carbocycles. The van der Waals surface area contributed by atoms with Crippen molar-refractivity contribution in [3.05, 3.63) is 0 Å². The Balaban J connectivity index is 0.000000160. The fourth-order valence-corrected chi connectivity index (χ4v) is 1.98. The quantitative estimate of drug-likeness (QED) is 0.787. The third-order valence-electron chi connectivity index (χ3n) is 4.28. The van der Waals surface area contributed by atoms with Crippen molar-refractivity contribution in [2.75, 3.05) is 0 Å². The Morgan fingerprint density at radius 3 is 1.31 bits per heavy atom. The van der Waals surface area contributed by atoms with Crippen molar-refractivity contribution in [2.45, 2.75) is 59.3 Å². The van der Waals surface area contributed by atoms with Crippen molar-refractivity contribution in [3.8, 4) is 0 Å². The first-order chi connectivity index (χ1) is 7.30. The summed E-state index contributed by atoms with van der Waals surface area (Å²) in [6.45, 7) is 5.55. The highest BCUT2D eigenvalue weighted by molar-refractivity contribution is 5.82. The molecule has 3 nitrogen and oxygen atoms in total. The van der Waals surface area contributed by atoms with Crippen LogP contribution in [0.3, 0.4) is 0 Å². The van der Waals surface area contributed by atoms with E-state index in [0.29, 0.717) is 5.78 Å². The summed E-state index contributed by atoms with van der Waals surface area (Å²) in [6.07, 6.45) is 6.29. The molecule has 0 radical (unpaired) electrons. The van der Waals surface area contributed by atoms with Crippen LogP contribution in [0.1, 0.15) is 59.3 Å². The molecule has 0 heterocycles. The number of rotatable bonds is 2. The fourth-order valence-electron chi connectivity index (χ4n) is 1.98. The van der Waals surface area contributed by atoms with Gasteiger partial charge in [-0.15, -0.1) is 0 Å². The molecule has 0 aromatic carbocycles. The van der Waals surface area contributed by atoms with Crippen LogP contribution in [0.4, 0.5) is 0 Å². The van der Waals surface area contributed by atoms with Gasteiger partial charge in [-0.25, -0.2) is 0 Å². The molecule has 0 aromatic rings. The molecule has 16 heavy (non-hydrogen) atoms. The highest BCUT2D eigenvalue weighted by Crippen LogP contribution is 2.41. The van der Waals surface area contributed by atoms with E-state index < -0.39 is 5.97 Å². The summed E-state index contributed by atoms with van der Waals surface area (Å²) in [6, 6.07) is 0. The van der Waals surface area contributed by atoms with Gasteiger partial charge in [0.05, 0.1) is 5.41 Å². The number of ketones is 1. The number of carboxylic acid groups (broad SMARTS) is 1. The molecule has 92 valence electrons. The van der Waals surface area contributed by atoms with E-state index in [1.54, 1.807) is 13.8 Å². The minimum absolute atomic E-state index is 0.0833. The minimum Gasteiger partial charge on any atom is -0.481 e. The van der Waals surface area contributed by atoms with Gasteiger partial charge in [0, 0.05) is 5.41 Å². The van der Waals surface area contributed by atoms with Crippen LogP contribution in [-0.4, -0.2) is 16.9 Å². The zero-order chi connectivity index (χ0) is 12.4. The van der Waals surface area contributed by atoms with Crippen molar-refractivity contribution in [2.24, 2.45) is 10.8 Å². The van der Waals surface area contributed by atoms with Crippen LogP contribution in [0.15, 0.2) is 0 Å². The van der Waals surface area contributed by atoms with Crippen LogP contribution in [0.2, 0.25) is 0 Å². The van der Waals surface area contributed by atoms with Gasteiger partial charge in [0.25, 0.3) is 0 Å². The van der Waals surface area contributed by atoms with Crippen molar-refractivity contribution < 1.29 is 14.7 Å². The Hall–Kier alpha value is -0.860. The Morgan fingerprint density at radius 1 is 0.938 bits per heavy atom. The molecule has 2 saturated carbocycles. The average Bonchev–Trinajstić information content (AvgIpc) is 2.10. The lowest BCUT2D eigenvalue weighted by Gasteiger charge is -2.35. The van der Waals surface area contributed by atoms with Gasteiger partial charge in [-0.3, -0.25) is 9.59 Å². The maximum Gasteiger partial charge on any atom is 0.309 e. The fraction of sp³-hybridized carbons (Fsp3) is 0.846. The number of carboxylic acids is 1. The number of carbonyl (C=O) groups excluding carboxylic acids is 1. The summed E-state index contributed by atoms with van der Waals surface area (Å²) in [7, 11) is 0. The summed E-state index contributed by atoms with van der Waals surface area (Å²) in [5, 5.41) is 8.49. The van der Waals surface area contributed by atoms with Gasteiger partial charge in [0.2, 0.25) is 0 Å². The third kappa shape index (κ3) is 2.63. The highest BCUT2D eigenvalue weighted by atomic mass is 16.4. The van der Waals surface area contributed by atoms with Crippen LogP contribution in [0.5, 0.6) is 0 Å². The van der Waals surface area contributed by atoms with Crippen molar-refractivity contribution >= 4 is 11.8 Å². The SMILES string of the molecule is CC(=O)C1(C)CCC1.CC1(C(=O)O)CCC1. The smallest absolute Gasteiger partial charge is 0.309 e. The van der Waals surface area contributed by atoms with Crippen molar-refractivity contribution in [1.82, 2.24) is 0 Å². The molecule has 0 bridgehead atoms. The van der Waals surface area contributed by atoms with Gasteiger partial charge < -0.3 is 5.11 Å². The summed E-state index contributed by atoms with van der Waals surface area (Å²) in [4.78, 5) is 21.1. The molecule has 1 N–H and O–H groups in total. The molecule has 2 fully saturated rings. The van der Waals surface area contributed by atoms with Crippen LogP contribution in [-0.2, 0) is 9.59 Å². The van der Waals surface area contributed by atoms with E-state index >= 15 is 0 Å². The molecule has 0 aromatic heterocycles. The van der Waals surface area contributed by atoms with Crippen LogP contribution in [0, 0.1) is 10.8 Å². The number of hydrogen-bond acceptors (Lipinski definition) is 2. The standard InChI is InChI=1S/C7H12O.C6H10O2/c1-6(8)7(2)4-3-5-7;1-6(5(7)8)3-2-4-6/h3-5H2,1-2H3;2-4H2,1H3,(H,7,8). The Labute approximate surface area is 97.2 Å². The zero-order valence-electron chi connectivity index (χ0n) is 10.5. The maximum atomic E-state index is 10.7. The summed E-state index contributed by atoms with van der Waals surface area (Å²) >= 11 is 0. The highest BCUT2D eigenvalue weighted by Gasteiger charge is 2.39. The van der Waals surface area contributed by atoms with Gasteiger partial charge in [-0.1, -0.05) is 19.8 Å². The Kier molecular flexibility index (Phi) is 3.76. The van der Waals surface area contributed by atoms with Crippen LogP contribution in [0.25, 0.3) is 0 Å². The number of carbonyl (C=O) groups is 2. The molecule has 0 unspecified atom stereocenters. The molecule has 3 heteroatoms. The second kappa shape index (κ2) is 4.56. The molecule has 0 aliphatic heterocycles. The second-order valence-electron chi connectivity index (χ2n) is 5.69. The largest absolute Gasteiger partial charge is 0.481 e. The molecular weight excluding hydrogens is 204 g/mol. The second-order valence-corrected chi connectivity index (χ2v) is 5.69. The van der Waals surface area contributed by atoms with Gasteiger partial charge >= 0.3 is 5.97 Å². The molecule has 2 rings (SSSR count). The van der Waals surface area contributed by atoms with E-state index in [4.69, 9.17) is 5.11 Å². The first-order valence-electron chi connectivity index (χ1n) is 6.05. The molecule has 0 atom stereocenters. The van der Waals surface area contributed by atoms with Crippen molar-refractivity contribution in [3.63, 3.8) is 0 Å². The van der Waals surface area contributed by atoms with E-state index in [1.165, 1.54) is 6.42 Å². The van der Waals surface area contributed by atoms with Crippen LogP contribution >= 0.6 is 0 Å². The lowest BCUT2D eigenvalue weighted by molar-refractivity contribution is -0.152. The number of Topliss-reactive ketones (excluding diaryl/α,β-unsaturated/α-hetero) is 1. The van der Waals surface area contributed by atoms with E-state index in [1.807, 2.05) is 0 Å². The topological polar surface area (TPSA) is 54.4 Å². The molecule has 0 spiro atoms. The van der Waals surface area contributed by atoms with E-state index in [0.717, 1.165) is 32.1 Å². The minimum atomic E-state index is -0.635. The zero-order valence-corrected chi connectivity index (χ0v) is 10.5. The lowest BCUT2D eigenvalue weighted by atomic mass is 9.68. The summed E-state index contributed by atoms with van der Waals surface area (Å²) in [5.74, 6) is -0.271. The number of aliphatic carboxylic acids is 1. The van der Waals surface area contributed by atoms with E-state index in [9.17, 15) is 9.59 Å². The third-order valence-corrected chi connectivity index (χ3v) is 4.28. The lowest BCUT2D eigenvalue weighted by Crippen LogP contribution is -2.34. The predicted molar refractivity (Wildman–Crippen MR) is 62.2 cm³/mol. The first kappa shape index (κ1) is 13.2. The monoisotopic (exact) mass is 226 g/mol. The summed E-state index contributed by atoms with van der Waals surface area (Å²) < 4.78 is 0. The molecule has 0 saturated heterocycles. The van der Waals surface area contributed by atoms with Gasteiger partial charge in [0.15, 0.2) is 0 Å². The molecule has 0 amide bonds. The van der Waals surface area contributed by atoms with Gasteiger partial charge in [0.1, 0.15) is 5.78 Å². The first-order valence-corrected chi connectivity index (χ1v) is 6.05. The van der Waals surface area contributed by atoms with Crippen LogP contribution < -0.4 is 0 Å². The summed E-state index contributed by atoms with van der Waals surface area (Å²) in [5.41, 5.74) is -0.278. The Morgan fingerprint density at radius 2 is 1.31 bits per heavy atom. The normalized spacial score (nSPS) is 24.2. The Bertz CT molecular complexity index is 256. The average molecular weight is 226 g/mol. The van der Waals surface area contributed by atoms with E-state index in [-0.39, 0.29) is 10.8 Å². The van der Waals surface area contributed by atoms with E-state index in [2.05, 4.69) is 6.92 Å². The van der Waals surface area contributed by atoms with Gasteiger partial charge in [-0.05, 0) is 39.5 Å². The van der Waals surface area contributed by atoms with Crippen molar-refractivity contribution in [1.29, 1.82) is 0 Å². The molecular formula is C13H22O3.